The molecule has 5 heteroatoms. The molecule has 2 N–H and O–H groups in total. The lowest BCUT2D eigenvalue weighted by Gasteiger charge is -2.08. The predicted molar refractivity (Wildman–Crippen MR) is 83.0 cm³/mol. The molecule has 0 bridgehead atoms. The zero-order chi connectivity index (χ0) is 14.5. The lowest BCUT2D eigenvalue weighted by molar-refractivity contribution is 0.668. The zero-order valence-corrected chi connectivity index (χ0v) is 12.2. The molecule has 1 aromatic carbocycles. The average molecular weight is 290 g/mol. The van der Waals surface area contributed by atoms with E-state index in [1.54, 1.807) is 12.3 Å². The summed E-state index contributed by atoms with van der Waals surface area (Å²) in [7, 11) is -0.997. The van der Waals surface area contributed by atoms with Gasteiger partial charge in [-0.2, -0.15) is 0 Å². The van der Waals surface area contributed by atoms with E-state index in [4.69, 9.17) is 5.73 Å². The smallest absolute Gasteiger partial charge is 0.250 e. The number of anilines is 1. The van der Waals surface area contributed by atoms with E-state index in [2.05, 4.69) is 0 Å². The molecule has 106 valence electrons. The summed E-state index contributed by atoms with van der Waals surface area (Å²) >= 11 is 0. The van der Waals surface area contributed by atoms with Crippen LogP contribution in [0.1, 0.15) is 11.1 Å². The molecule has 0 saturated carbocycles. The Morgan fingerprint density at radius 1 is 1.20 bits per heavy atom. The molecule has 0 aliphatic heterocycles. The third kappa shape index (κ3) is 3.81. The van der Waals surface area contributed by atoms with Crippen LogP contribution in [0.3, 0.4) is 0 Å². The number of aryl methyl sites for hydroxylation is 2. The van der Waals surface area contributed by atoms with Gasteiger partial charge in [-0.25, -0.2) is 0 Å². The van der Waals surface area contributed by atoms with Crippen LogP contribution in [0.2, 0.25) is 0 Å². The summed E-state index contributed by atoms with van der Waals surface area (Å²) in [5, 5.41) is 0. The van der Waals surface area contributed by atoms with Crippen LogP contribution in [0, 0.1) is 6.92 Å². The third-order valence-corrected chi connectivity index (χ3v) is 4.41. The van der Waals surface area contributed by atoms with Crippen LogP contribution in [-0.4, -0.2) is 14.5 Å². The van der Waals surface area contributed by atoms with Crippen molar-refractivity contribution in [3.8, 4) is 0 Å². The maximum Gasteiger partial charge on any atom is 0.250 e. The van der Waals surface area contributed by atoms with Crippen LogP contribution in [0.25, 0.3) is 0 Å². The normalized spacial score (nSPS) is 12.2. The fourth-order valence-electron chi connectivity index (χ4n) is 1.94. The molecule has 0 amide bonds. The predicted octanol–water partition coefficient (Wildman–Crippen LogP) is 1.69. The van der Waals surface area contributed by atoms with Gasteiger partial charge in [0.2, 0.25) is 0 Å². The minimum Gasteiger partial charge on any atom is -0.398 e. The highest BCUT2D eigenvalue weighted by molar-refractivity contribution is 7.84. The molecule has 0 saturated heterocycles. The van der Waals surface area contributed by atoms with Crippen LogP contribution in [-0.2, 0) is 23.1 Å². The Hall–Kier alpha value is -1.88. The van der Waals surface area contributed by atoms with Gasteiger partial charge in [0.15, 0.2) is 0 Å². The Morgan fingerprint density at radius 2 is 1.95 bits per heavy atom. The van der Waals surface area contributed by atoms with Gasteiger partial charge in [-0.1, -0.05) is 24.3 Å². The van der Waals surface area contributed by atoms with Crippen molar-refractivity contribution in [3.05, 3.63) is 64.1 Å². The number of rotatable bonds is 5. The zero-order valence-electron chi connectivity index (χ0n) is 11.4. The van der Waals surface area contributed by atoms with Gasteiger partial charge in [-0.15, -0.1) is 0 Å². The Labute approximate surface area is 120 Å². The first-order valence-electron chi connectivity index (χ1n) is 6.42. The maximum absolute atomic E-state index is 12.1. The molecule has 0 aliphatic rings. The van der Waals surface area contributed by atoms with Crippen molar-refractivity contribution >= 4 is 16.5 Å². The summed E-state index contributed by atoms with van der Waals surface area (Å²) in [5.74, 6) is 0.960. The van der Waals surface area contributed by atoms with Gasteiger partial charge in [0, 0.05) is 46.8 Å². The fourth-order valence-corrected chi connectivity index (χ4v) is 3.16. The summed E-state index contributed by atoms with van der Waals surface area (Å²) in [4.78, 5) is 11.6. The first-order chi connectivity index (χ1) is 9.56. The standard InChI is InChI=1S/C15H18N2O2S/c1-12-4-2-3-5-13(12)11-20(19)9-8-17-10-14(16)6-7-15(17)18/h2-7,10H,8-9,11,16H2,1H3. The van der Waals surface area contributed by atoms with Crippen LogP contribution in [0.15, 0.2) is 47.4 Å². The van der Waals surface area contributed by atoms with Gasteiger partial charge >= 0.3 is 0 Å². The van der Waals surface area contributed by atoms with Crippen molar-refractivity contribution in [2.75, 3.05) is 11.5 Å². The van der Waals surface area contributed by atoms with E-state index in [-0.39, 0.29) is 5.56 Å². The van der Waals surface area contributed by atoms with Gasteiger partial charge in [0.05, 0.1) is 0 Å². The molecule has 2 aromatic rings. The highest BCUT2D eigenvalue weighted by atomic mass is 32.2. The molecule has 20 heavy (non-hydrogen) atoms. The molecule has 1 atom stereocenters. The minimum absolute atomic E-state index is 0.118. The SMILES string of the molecule is Cc1ccccc1CS(=O)CCn1cc(N)ccc1=O. The molecule has 4 nitrogen and oxygen atoms in total. The summed E-state index contributed by atoms with van der Waals surface area (Å²) in [6.07, 6.45) is 1.59. The molecule has 1 aromatic heterocycles. The minimum atomic E-state index is -0.997. The van der Waals surface area contributed by atoms with Crippen molar-refractivity contribution in [1.29, 1.82) is 0 Å². The highest BCUT2D eigenvalue weighted by Gasteiger charge is 2.05. The Kier molecular flexibility index (Phi) is 4.74. The molecule has 0 radical (unpaired) electrons. The van der Waals surface area contributed by atoms with E-state index in [0.717, 1.165) is 11.1 Å². The van der Waals surface area contributed by atoms with E-state index in [9.17, 15) is 9.00 Å². The molecular formula is C15H18N2O2S. The molecule has 0 spiro atoms. The largest absolute Gasteiger partial charge is 0.398 e. The molecule has 0 aliphatic carbocycles. The van der Waals surface area contributed by atoms with Crippen LogP contribution in [0.5, 0.6) is 0 Å². The lowest BCUT2D eigenvalue weighted by atomic mass is 10.1. The second-order valence-corrected chi connectivity index (χ2v) is 6.29. The van der Waals surface area contributed by atoms with Gasteiger partial charge in [-0.3, -0.25) is 9.00 Å². The molecule has 0 fully saturated rings. The van der Waals surface area contributed by atoms with Crippen LogP contribution >= 0.6 is 0 Å². The second kappa shape index (κ2) is 6.52. The Morgan fingerprint density at radius 3 is 2.70 bits per heavy atom. The molecular weight excluding hydrogens is 272 g/mol. The number of benzene rings is 1. The number of pyridine rings is 1. The van der Waals surface area contributed by atoms with Crippen molar-refractivity contribution in [3.63, 3.8) is 0 Å². The Bertz CT molecular complexity index is 680. The van der Waals surface area contributed by atoms with E-state index in [1.807, 2.05) is 31.2 Å². The fraction of sp³-hybridized carbons (Fsp3) is 0.267. The summed E-state index contributed by atoms with van der Waals surface area (Å²) < 4.78 is 13.6. The number of hydrogen-bond donors (Lipinski definition) is 1. The summed E-state index contributed by atoms with van der Waals surface area (Å²) in [6.45, 7) is 2.43. The van der Waals surface area contributed by atoms with Crippen molar-refractivity contribution in [2.24, 2.45) is 0 Å². The van der Waals surface area contributed by atoms with E-state index in [0.29, 0.717) is 23.7 Å². The third-order valence-electron chi connectivity index (χ3n) is 3.14. The summed E-state index contributed by atoms with van der Waals surface area (Å²) in [6, 6.07) is 10.9. The van der Waals surface area contributed by atoms with E-state index in [1.165, 1.54) is 10.6 Å². The monoisotopic (exact) mass is 290 g/mol. The van der Waals surface area contributed by atoms with Crippen molar-refractivity contribution in [1.82, 2.24) is 4.57 Å². The number of hydrogen-bond acceptors (Lipinski definition) is 3. The number of aromatic nitrogens is 1. The van der Waals surface area contributed by atoms with Crippen molar-refractivity contribution in [2.45, 2.75) is 19.2 Å². The van der Waals surface area contributed by atoms with Crippen LogP contribution in [0.4, 0.5) is 5.69 Å². The number of nitrogens with zero attached hydrogens (tertiary/aromatic N) is 1. The molecule has 1 unspecified atom stereocenters. The van der Waals surface area contributed by atoms with Gasteiger partial charge < -0.3 is 10.3 Å². The quantitative estimate of drug-likeness (QED) is 0.911. The maximum atomic E-state index is 12.1. The summed E-state index contributed by atoms with van der Waals surface area (Å²) in [5.41, 5.74) is 8.29. The van der Waals surface area contributed by atoms with E-state index < -0.39 is 10.8 Å². The van der Waals surface area contributed by atoms with Gasteiger partial charge in [0.1, 0.15) is 0 Å². The first kappa shape index (κ1) is 14.5. The van der Waals surface area contributed by atoms with Crippen molar-refractivity contribution < 1.29 is 4.21 Å². The number of nitrogens with two attached hydrogens (primary N) is 1. The van der Waals surface area contributed by atoms with E-state index >= 15 is 0 Å². The Balaban J connectivity index is 1.98. The lowest BCUT2D eigenvalue weighted by Crippen LogP contribution is -2.22. The molecule has 2 rings (SSSR count). The topological polar surface area (TPSA) is 65.1 Å². The number of nitrogen functional groups attached to an aromatic ring is 1. The highest BCUT2D eigenvalue weighted by Crippen LogP contribution is 2.10. The second-order valence-electron chi connectivity index (χ2n) is 4.71. The van der Waals surface area contributed by atoms with Gasteiger partial charge in [0.25, 0.3) is 5.56 Å². The first-order valence-corrected chi connectivity index (χ1v) is 7.90. The van der Waals surface area contributed by atoms with Crippen LogP contribution < -0.4 is 11.3 Å². The van der Waals surface area contributed by atoms with Gasteiger partial charge in [-0.05, 0) is 24.1 Å². The average Bonchev–Trinajstić information content (AvgIpc) is 2.42. The molecule has 1 heterocycles.